The van der Waals surface area contributed by atoms with E-state index in [1.165, 1.54) is 25.1 Å². The van der Waals surface area contributed by atoms with Gasteiger partial charge in [0.05, 0.1) is 0 Å². The molecule has 0 aliphatic carbocycles. The fraction of sp³-hybridized carbons (Fsp3) is 0.300. The fourth-order valence-electron chi connectivity index (χ4n) is 0.763. The zero-order valence-corrected chi connectivity index (χ0v) is 9.25. The van der Waals surface area contributed by atoms with E-state index in [0.717, 1.165) is 0 Å². The van der Waals surface area contributed by atoms with Crippen LogP contribution in [0.4, 0.5) is 4.39 Å². The Morgan fingerprint density at radius 3 is 2.31 bits per heavy atom. The van der Waals surface area contributed by atoms with E-state index in [1.807, 2.05) is 13.8 Å². The quantitative estimate of drug-likeness (QED) is 0.503. The summed E-state index contributed by atoms with van der Waals surface area (Å²) in [5, 5.41) is 0.428. The summed E-state index contributed by atoms with van der Waals surface area (Å²) in [7, 11) is 2.24. The Bertz CT molecular complexity index is 297. The highest BCUT2D eigenvalue weighted by molar-refractivity contribution is 7.27. The third-order valence-corrected chi connectivity index (χ3v) is 1.84. The van der Waals surface area contributed by atoms with Gasteiger partial charge in [-0.25, -0.2) is 4.39 Å². The Kier molecular flexibility index (Phi) is 5.48. The third-order valence-electron chi connectivity index (χ3n) is 1.40. The lowest BCUT2D eigenvalue weighted by molar-refractivity contribution is 0.101. The maximum atomic E-state index is 12.6. The van der Waals surface area contributed by atoms with Gasteiger partial charge in [0.1, 0.15) is 5.82 Å². The molecule has 72 valence electrons. The normalized spacial score (nSPS) is 8.69. The highest BCUT2D eigenvalue weighted by Crippen LogP contribution is 2.04. The molecule has 13 heavy (non-hydrogen) atoms. The smallest absolute Gasteiger partial charge is 0.159 e. The number of rotatable bonds is 1. The molecular weight excluding hydrogens is 186 g/mol. The monoisotopic (exact) mass is 200 g/mol. The summed E-state index contributed by atoms with van der Waals surface area (Å²) in [6.45, 7) is 5.46. The molecule has 1 unspecified atom stereocenters. The number of ketones is 1. The van der Waals surface area contributed by atoms with Crippen LogP contribution in [0.1, 0.15) is 31.1 Å². The second-order valence-electron chi connectivity index (χ2n) is 2.29. The van der Waals surface area contributed by atoms with Gasteiger partial charge in [-0.2, -0.15) is 0 Å². The second kappa shape index (κ2) is 5.82. The number of benzene rings is 1. The van der Waals surface area contributed by atoms with Crippen molar-refractivity contribution in [1.82, 2.24) is 0 Å². The molecule has 0 amide bonds. The number of hydrogen-bond donors (Lipinski definition) is 0. The van der Waals surface area contributed by atoms with E-state index in [4.69, 9.17) is 0 Å². The van der Waals surface area contributed by atoms with Gasteiger partial charge in [0.15, 0.2) is 5.78 Å². The molecule has 1 atom stereocenters. The van der Waals surface area contributed by atoms with Gasteiger partial charge >= 0.3 is 0 Å². The van der Waals surface area contributed by atoms with Gasteiger partial charge in [-0.15, -0.1) is 9.24 Å². The van der Waals surface area contributed by atoms with Crippen molar-refractivity contribution in [2.75, 3.05) is 0 Å². The van der Waals surface area contributed by atoms with Crippen LogP contribution in [0, 0.1) is 5.82 Å². The number of hydrogen-bond acceptors (Lipinski definition) is 1. The van der Waals surface area contributed by atoms with Crippen molar-refractivity contribution in [3.63, 3.8) is 0 Å². The highest BCUT2D eigenvalue weighted by atomic mass is 31.0. The summed E-state index contributed by atoms with van der Waals surface area (Å²) >= 11 is 0. The highest BCUT2D eigenvalue weighted by Gasteiger charge is 2.01. The first-order valence-electron chi connectivity index (χ1n) is 4.17. The van der Waals surface area contributed by atoms with E-state index in [9.17, 15) is 9.18 Å². The van der Waals surface area contributed by atoms with Gasteiger partial charge in [-0.1, -0.05) is 13.8 Å². The molecule has 0 radical (unpaired) electrons. The Hall–Kier alpha value is -0.750. The van der Waals surface area contributed by atoms with Crippen LogP contribution in [0.3, 0.4) is 0 Å². The second-order valence-corrected chi connectivity index (χ2v) is 2.91. The van der Waals surface area contributed by atoms with Crippen LogP contribution in [-0.2, 0) is 0 Å². The van der Waals surface area contributed by atoms with Crippen molar-refractivity contribution in [1.29, 1.82) is 0 Å². The number of carbonyl (C=O) groups is 1. The lowest BCUT2D eigenvalue weighted by Crippen LogP contribution is -2.02. The first-order chi connectivity index (χ1) is 6.11. The van der Waals surface area contributed by atoms with E-state index >= 15 is 0 Å². The summed E-state index contributed by atoms with van der Waals surface area (Å²) < 4.78 is 12.6. The van der Waals surface area contributed by atoms with Crippen LogP contribution in [0.2, 0.25) is 0 Å². The van der Waals surface area contributed by atoms with E-state index in [1.54, 1.807) is 0 Å². The van der Waals surface area contributed by atoms with Crippen molar-refractivity contribution in [2.24, 2.45) is 0 Å². The van der Waals surface area contributed by atoms with Crippen LogP contribution in [0.5, 0.6) is 0 Å². The molecule has 0 aliphatic heterocycles. The van der Waals surface area contributed by atoms with Gasteiger partial charge in [-0.05, 0) is 25.1 Å². The van der Waals surface area contributed by atoms with E-state index in [2.05, 4.69) is 9.24 Å². The van der Waals surface area contributed by atoms with Gasteiger partial charge in [0.25, 0.3) is 0 Å². The van der Waals surface area contributed by atoms with Crippen LogP contribution < -0.4 is 5.30 Å². The Morgan fingerprint density at radius 1 is 1.38 bits per heavy atom. The summed E-state index contributed by atoms with van der Waals surface area (Å²) in [6, 6.07) is 4.28. The molecule has 0 saturated heterocycles. The average molecular weight is 200 g/mol. The molecule has 0 N–H and O–H groups in total. The number of Topliss-reactive ketones (excluding diaryl/α,β-unsaturated/α-hetero) is 1. The zero-order chi connectivity index (χ0) is 10.4. The fourth-order valence-corrected chi connectivity index (χ4v) is 1.04. The maximum Gasteiger partial charge on any atom is 0.159 e. The van der Waals surface area contributed by atoms with Crippen LogP contribution in [0.25, 0.3) is 0 Å². The molecule has 1 nitrogen and oxygen atoms in total. The molecule has 0 spiro atoms. The standard InChI is InChI=1S/C8H8FOP.C2H6/c1-5(10)6-2-3-7(9)8(11)4-6;1-2/h2-4H,11H2,1H3;1-2H3. The molecule has 0 heterocycles. The van der Waals surface area contributed by atoms with Gasteiger partial charge in [0.2, 0.25) is 0 Å². The molecule has 1 aromatic rings. The van der Waals surface area contributed by atoms with E-state index in [0.29, 0.717) is 10.9 Å². The van der Waals surface area contributed by atoms with Crippen LogP contribution >= 0.6 is 9.24 Å². The molecule has 0 fully saturated rings. The topological polar surface area (TPSA) is 17.1 Å². The first-order valence-corrected chi connectivity index (χ1v) is 4.75. The molecular formula is C10H14FOP. The van der Waals surface area contributed by atoms with E-state index < -0.39 is 0 Å². The largest absolute Gasteiger partial charge is 0.295 e. The van der Waals surface area contributed by atoms with Gasteiger partial charge < -0.3 is 0 Å². The minimum Gasteiger partial charge on any atom is -0.295 e. The van der Waals surface area contributed by atoms with Gasteiger partial charge in [0, 0.05) is 10.9 Å². The minimum absolute atomic E-state index is 0.0475. The van der Waals surface area contributed by atoms with Crippen molar-refractivity contribution in [3.05, 3.63) is 29.6 Å². The van der Waals surface area contributed by atoms with Crippen molar-refractivity contribution in [3.8, 4) is 0 Å². The van der Waals surface area contributed by atoms with Crippen molar-refractivity contribution >= 4 is 20.3 Å². The SMILES string of the molecule is CC.CC(=O)c1ccc(F)c(P)c1. The summed E-state index contributed by atoms with van der Waals surface area (Å²) in [5.74, 6) is -0.353. The van der Waals surface area contributed by atoms with Gasteiger partial charge in [-0.3, -0.25) is 4.79 Å². The van der Waals surface area contributed by atoms with Crippen molar-refractivity contribution in [2.45, 2.75) is 20.8 Å². The van der Waals surface area contributed by atoms with Crippen LogP contribution in [0.15, 0.2) is 18.2 Å². The maximum absolute atomic E-state index is 12.6. The predicted octanol–water partition coefficient (Wildman–Crippen LogP) is 2.55. The third kappa shape index (κ3) is 3.65. The molecule has 0 saturated carbocycles. The number of carbonyl (C=O) groups excluding carboxylic acids is 1. The Labute approximate surface area is 80.6 Å². The first kappa shape index (κ1) is 12.2. The minimum atomic E-state index is -0.306. The van der Waals surface area contributed by atoms with Crippen molar-refractivity contribution < 1.29 is 9.18 Å². The average Bonchev–Trinajstić information content (AvgIpc) is 2.13. The number of halogens is 1. The Morgan fingerprint density at radius 2 is 1.92 bits per heavy atom. The molecule has 0 bridgehead atoms. The molecule has 3 heteroatoms. The summed E-state index contributed by atoms with van der Waals surface area (Å²) in [6.07, 6.45) is 0. The summed E-state index contributed by atoms with van der Waals surface area (Å²) in [5.41, 5.74) is 0.538. The zero-order valence-electron chi connectivity index (χ0n) is 8.10. The Balaban J connectivity index is 0.000000671. The predicted molar refractivity (Wildman–Crippen MR) is 57.1 cm³/mol. The molecule has 0 aromatic heterocycles. The van der Waals surface area contributed by atoms with Crippen LogP contribution in [-0.4, -0.2) is 5.78 Å². The van der Waals surface area contributed by atoms with E-state index in [-0.39, 0.29) is 11.6 Å². The summed E-state index contributed by atoms with van der Waals surface area (Å²) in [4.78, 5) is 10.8. The molecule has 0 aliphatic rings. The molecule has 1 rings (SSSR count). The molecule has 1 aromatic carbocycles. The lowest BCUT2D eigenvalue weighted by Gasteiger charge is -1.97. The lowest BCUT2D eigenvalue weighted by atomic mass is 10.1.